The lowest BCUT2D eigenvalue weighted by Crippen LogP contribution is -2.34. The standard InChI is InChI=1S/C16H14ClNO3/c1-10-12(8-5-9-13(10)17)15(19)18-14(16(20)21)11-6-3-2-4-7-11/h2-9,14H,1H3,(H,18,19)(H,20,21)/t14-/m1/s1. The lowest BCUT2D eigenvalue weighted by atomic mass is 10.0. The largest absolute Gasteiger partial charge is 0.479 e. The van der Waals surface area contributed by atoms with E-state index in [1.165, 1.54) is 0 Å². The number of hydrogen-bond acceptors (Lipinski definition) is 2. The molecule has 0 aliphatic rings. The van der Waals surface area contributed by atoms with Crippen LogP contribution in [0.3, 0.4) is 0 Å². The van der Waals surface area contributed by atoms with Crippen molar-refractivity contribution in [1.82, 2.24) is 5.32 Å². The number of benzene rings is 2. The summed E-state index contributed by atoms with van der Waals surface area (Å²) >= 11 is 5.98. The molecule has 0 spiro atoms. The van der Waals surface area contributed by atoms with Gasteiger partial charge >= 0.3 is 5.97 Å². The van der Waals surface area contributed by atoms with E-state index in [0.29, 0.717) is 21.7 Å². The van der Waals surface area contributed by atoms with E-state index in [9.17, 15) is 14.7 Å². The molecule has 0 unspecified atom stereocenters. The maximum Gasteiger partial charge on any atom is 0.330 e. The van der Waals surface area contributed by atoms with Crippen molar-refractivity contribution in [2.75, 3.05) is 0 Å². The third kappa shape index (κ3) is 3.41. The summed E-state index contributed by atoms with van der Waals surface area (Å²) in [6, 6.07) is 12.4. The number of carboxylic acids is 1. The number of nitrogens with one attached hydrogen (secondary N) is 1. The second kappa shape index (κ2) is 6.41. The summed E-state index contributed by atoms with van der Waals surface area (Å²) in [5.41, 5.74) is 1.50. The van der Waals surface area contributed by atoms with Crippen molar-refractivity contribution < 1.29 is 14.7 Å². The highest BCUT2D eigenvalue weighted by molar-refractivity contribution is 6.31. The molecule has 2 aromatic carbocycles. The van der Waals surface area contributed by atoms with Crippen LogP contribution in [0.4, 0.5) is 0 Å². The summed E-state index contributed by atoms with van der Waals surface area (Å²) in [4.78, 5) is 23.7. The van der Waals surface area contributed by atoms with Crippen molar-refractivity contribution in [2.24, 2.45) is 0 Å². The molecule has 0 radical (unpaired) electrons. The fraction of sp³-hybridized carbons (Fsp3) is 0.125. The summed E-state index contributed by atoms with van der Waals surface area (Å²) < 4.78 is 0. The molecule has 0 bridgehead atoms. The van der Waals surface area contributed by atoms with Gasteiger partial charge in [-0.1, -0.05) is 48.0 Å². The van der Waals surface area contributed by atoms with Crippen LogP contribution in [0.2, 0.25) is 5.02 Å². The van der Waals surface area contributed by atoms with Gasteiger partial charge in [-0.2, -0.15) is 0 Å². The number of carbonyl (C=O) groups is 2. The Morgan fingerprint density at radius 3 is 2.38 bits per heavy atom. The highest BCUT2D eigenvalue weighted by Gasteiger charge is 2.23. The first-order chi connectivity index (χ1) is 10.0. The summed E-state index contributed by atoms with van der Waals surface area (Å²) in [5.74, 6) is -1.58. The van der Waals surface area contributed by atoms with Crippen molar-refractivity contribution in [1.29, 1.82) is 0 Å². The Morgan fingerprint density at radius 1 is 1.10 bits per heavy atom. The molecule has 21 heavy (non-hydrogen) atoms. The summed E-state index contributed by atoms with van der Waals surface area (Å²) in [6.45, 7) is 1.72. The van der Waals surface area contributed by atoms with E-state index < -0.39 is 17.9 Å². The Hall–Kier alpha value is -2.33. The quantitative estimate of drug-likeness (QED) is 0.911. The molecule has 0 aliphatic heterocycles. The third-order valence-electron chi connectivity index (χ3n) is 3.17. The van der Waals surface area contributed by atoms with Gasteiger partial charge in [0.25, 0.3) is 5.91 Å². The first-order valence-electron chi connectivity index (χ1n) is 6.34. The van der Waals surface area contributed by atoms with Gasteiger partial charge in [-0.15, -0.1) is 0 Å². The normalized spacial score (nSPS) is 11.7. The molecule has 4 nitrogen and oxygen atoms in total. The second-order valence-corrected chi connectivity index (χ2v) is 4.97. The lowest BCUT2D eigenvalue weighted by molar-refractivity contribution is -0.139. The fourth-order valence-electron chi connectivity index (χ4n) is 2.00. The van der Waals surface area contributed by atoms with Crippen LogP contribution < -0.4 is 5.32 Å². The zero-order valence-electron chi connectivity index (χ0n) is 11.3. The average Bonchev–Trinajstić information content (AvgIpc) is 2.48. The van der Waals surface area contributed by atoms with E-state index in [1.54, 1.807) is 55.5 Å². The van der Waals surface area contributed by atoms with E-state index in [1.807, 2.05) is 0 Å². The summed E-state index contributed by atoms with van der Waals surface area (Å²) in [7, 11) is 0. The smallest absolute Gasteiger partial charge is 0.330 e. The first-order valence-corrected chi connectivity index (χ1v) is 6.72. The summed E-state index contributed by atoms with van der Waals surface area (Å²) in [5, 5.41) is 12.3. The summed E-state index contributed by atoms with van der Waals surface area (Å²) in [6.07, 6.45) is 0. The molecule has 2 aromatic rings. The van der Waals surface area contributed by atoms with Crippen molar-refractivity contribution in [2.45, 2.75) is 13.0 Å². The molecule has 1 atom stereocenters. The van der Waals surface area contributed by atoms with Crippen LogP contribution in [0.25, 0.3) is 0 Å². The van der Waals surface area contributed by atoms with Gasteiger partial charge in [0.05, 0.1) is 0 Å². The minimum Gasteiger partial charge on any atom is -0.479 e. The van der Waals surface area contributed by atoms with Crippen LogP contribution in [-0.4, -0.2) is 17.0 Å². The third-order valence-corrected chi connectivity index (χ3v) is 3.58. The molecular weight excluding hydrogens is 290 g/mol. The van der Waals surface area contributed by atoms with Crippen molar-refractivity contribution >= 4 is 23.5 Å². The SMILES string of the molecule is Cc1c(Cl)cccc1C(=O)N[C@@H](C(=O)O)c1ccccc1. The fourth-order valence-corrected chi connectivity index (χ4v) is 2.17. The molecule has 2 rings (SSSR count). The Balaban J connectivity index is 2.28. The van der Waals surface area contributed by atoms with Crippen LogP contribution >= 0.6 is 11.6 Å². The van der Waals surface area contributed by atoms with Crippen LogP contribution in [0.1, 0.15) is 27.5 Å². The Labute approximate surface area is 127 Å². The number of carboxylic acid groups (broad SMARTS) is 1. The highest BCUT2D eigenvalue weighted by Crippen LogP contribution is 2.20. The van der Waals surface area contributed by atoms with Gasteiger partial charge in [0.2, 0.25) is 0 Å². The van der Waals surface area contributed by atoms with E-state index >= 15 is 0 Å². The minimum absolute atomic E-state index is 0.365. The number of rotatable bonds is 4. The number of carbonyl (C=O) groups excluding carboxylic acids is 1. The highest BCUT2D eigenvalue weighted by atomic mass is 35.5. The van der Waals surface area contributed by atoms with Gasteiger partial charge in [0, 0.05) is 10.6 Å². The minimum atomic E-state index is -1.12. The zero-order chi connectivity index (χ0) is 15.4. The van der Waals surface area contributed by atoms with Crippen LogP contribution in [0.15, 0.2) is 48.5 Å². The molecule has 0 heterocycles. The Morgan fingerprint density at radius 2 is 1.76 bits per heavy atom. The molecule has 0 aliphatic carbocycles. The van der Waals surface area contributed by atoms with E-state index in [4.69, 9.17) is 11.6 Å². The Kier molecular flexibility index (Phi) is 4.60. The predicted molar refractivity (Wildman–Crippen MR) is 80.5 cm³/mol. The van der Waals surface area contributed by atoms with Crippen molar-refractivity contribution in [3.05, 3.63) is 70.2 Å². The maximum atomic E-state index is 12.3. The molecular formula is C16H14ClNO3. The van der Waals surface area contributed by atoms with Gasteiger partial charge in [0.15, 0.2) is 6.04 Å². The number of hydrogen-bond donors (Lipinski definition) is 2. The monoisotopic (exact) mass is 303 g/mol. The number of aliphatic carboxylic acids is 1. The van der Waals surface area contributed by atoms with E-state index in [2.05, 4.69) is 5.32 Å². The molecule has 0 fully saturated rings. The molecule has 2 N–H and O–H groups in total. The molecule has 5 heteroatoms. The van der Waals surface area contributed by atoms with Crippen molar-refractivity contribution in [3.8, 4) is 0 Å². The van der Waals surface area contributed by atoms with Crippen molar-refractivity contribution in [3.63, 3.8) is 0 Å². The average molecular weight is 304 g/mol. The molecule has 1 amide bonds. The van der Waals surface area contributed by atoms with Crippen LogP contribution in [0, 0.1) is 6.92 Å². The van der Waals surface area contributed by atoms with E-state index in [-0.39, 0.29) is 0 Å². The second-order valence-electron chi connectivity index (χ2n) is 4.57. The topological polar surface area (TPSA) is 66.4 Å². The molecule has 0 saturated carbocycles. The number of amides is 1. The molecule has 108 valence electrons. The predicted octanol–water partition coefficient (Wildman–Crippen LogP) is 3.20. The zero-order valence-corrected chi connectivity index (χ0v) is 12.1. The van der Waals surface area contributed by atoms with Gasteiger partial charge in [0.1, 0.15) is 0 Å². The lowest BCUT2D eigenvalue weighted by Gasteiger charge is -2.16. The van der Waals surface area contributed by atoms with Gasteiger partial charge < -0.3 is 10.4 Å². The van der Waals surface area contributed by atoms with E-state index in [0.717, 1.165) is 0 Å². The Bertz CT molecular complexity index is 670. The van der Waals surface area contributed by atoms with Crippen LogP contribution in [-0.2, 0) is 4.79 Å². The van der Waals surface area contributed by atoms with Gasteiger partial charge in [-0.05, 0) is 30.2 Å². The van der Waals surface area contributed by atoms with Crippen LogP contribution in [0.5, 0.6) is 0 Å². The first kappa shape index (κ1) is 15.1. The maximum absolute atomic E-state index is 12.3. The molecule has 0 aromatic heterocycles. The van der Waals surface area contributed by atoms with Gasteiger partial charge in [-0.3, -0.25) is 4.79 Å². The number of halogens is 1. The van der Waals surface area contributed by atoms with Gasteiger partial charge in [-0.25, -0.2) is 4.79 Å². The molecule has 0 saturated heterocycles.